The maximum atomic E-state index is 10.7. The molecule has 0 spiro atoms. The standard InChI is InChI=1S/C11H12Br3NO3/c1-11(2,5-12)6-18-10-8(13)3-7(15(16)17)4-9(10)14/h3-4H,5-6H2,1-2H3. The smallest absolute Gasteiger partial charge is 0.271 e. The summed E-state index contributed by atoms with van der Waals surface area (Å²) in [7, 11) is 0. The molecule has 4 nitrogen and oxygen atoms in total. The van der Waals surface area contributed by atoms with Crippen molar-refractivity contribution < 1.29 is 9.66 Å². The first-order valence-electron chi connectivity index (χ1n) is 5.09. The van der Waals surface area contributed by atoms with Crippen LogP contribution in [0.3, 0.4) is 0 Å². The summed E-state index contributed by atoms with van der Waals surface area (Å²) in [6, 6.07) is 2.86. The van der Waals surface area contributed by atoms with E-state index < -0.39 is 4.92 Å². The molecule has 1 aromatic rings. The molecular formula is C11H12Br3NO3. The first-order valence-corrected chi connectivity index (χ1v) is 7.80. The number of hydrogen-bond donors (Lipinski definition) is 0. The zero-order valence-corrected chi connectivity index (χ0v) is 14.6. The van der Waals surface area contributed by atoms with Gasteiger partial charge < -0.3 is 4.74 Å². The van der Waals surface area contributed by atoms with Gasteiger partial charge >= 0.3 is 0 Å². The monoisotopic (exact) mass is 443 g/mol. The van der Waals surface area contributed by atoms with Crippen molar-refractivity contribution in [3.8, 4) is 5.75 Å². The molecule has 100 valence electrons. The summed E-state index contributed by atoms with van der Waals surface area (Å²) >= 11 is 9.99. The average molecular weight is 446 g/mol. The molecule has 0 amide bonds. The lowest BCUT2D eigenvalue weighted by Crippen LogP contribution is -2.23. The first-order chi connectivity index (χ1) is 8.26. The molecule has 0 saturated carbocycles. The quantitative estimate of drug-likeness (QED) is 0.367. The molecule has 0 radical (unpaired) electrons. The van der Waals surface area contributed by atoms with Crippen LogP contribution in [0.2, 0.25) is 0 Å². The number of non-ortho nitro benzene ring substituents is 1. The third-order valence-electron chi connectivity index (χ3n) is 2.16. The summed E-state index contributed by atoms with van der Waals surface area (Å²) in [6.45, 7) is 4.64. The van der Waals surface area contributed by atoms with E-state index in [9.17, 15) is 10.1 Å². The lowest BCUT2D eigenvalue weighted by Gasteiger charge is -2.22. The van der Waals surface area contributed by atoms with Crippen LogP contribution >= 0.6 is 47.8 Å². The van der Waals surface area contributed by atoms with Crippen molar-refractivity contribution in [1.29, 1.82) is 0 Å². The van der Waals surface area contributed by atoms with Gasteiger partial charge in [-0.05, 0) is 31.9 Å². The second-order valence-corrected chi connectivity index (χ2v) is 6.85. The van der Waals surface area contributed by atoms with Gasteiger partial charge in [0.2, 0.25) is 0 Å². The van der Waals surface area contributed by atoms with E-state index >= 15 is 0 Å². The minimum absolute atomic E-state index is 0.0132. The normalized spacial score (nSPS) is 11.4. The molecule has 1 aromatic carbocycles. The number of alkyl halides is 1. The van der Waals surface area contributed by atoms with Crippen LogP contribution in [0.15, 0.2) is 21.1 Å². The van der Waals surface area contributed by atoms with E-state index in [-0.39, 0.29) is 11.1 Å². The van der Waals surface area contributed by atoms with Gasteiger partial charge in [-0.3, -0.25) is 10.1 Å². The maximum absolute atomic E-state index is 10.7. The average Bonchev–Trinajstić information content (AvgIpc) is 2.27. The Morgan fingerprint density at radius 2 is 1.83 bits per heavy atom. The van der Waals surface area contributed by atoms with Crippen LogP contribution in [0.4, 0.5) is 5.69 Å². The van der Waals surface area contributed by atoms with Gasteiger partial charge in [0.1, 0.15) is 5.75 Å². The SMILES string of the molecule is CC(C)(CBr)COc1c(Br)cc([N+](=O)[O-])cc1Br. The third kappa shape index (κ3) is 4.20. The molecule has 0 heterocycles. The fraction of sp³-hybridized carbons (Fsp3) is 0.455. The van der Waals surface area contributed by atoms with Gasteiger partial charge in [0.05, 0.1) is 20.5 Å². The van der Waals surface area contributed by atoms with E-state index in [1.807, 2.05) is 0 Å². The van der Waals surface area contributed by atoms with E-state index in [4.69, 9.17) is 4.74 Å². The Bertz CT molecular complexity index is 440. The largest absolute Gasteiger partial charge is 0.491 e. The fourth-order valence-electron chi connectivity index (χ4n) is 1.10. The van der Waals surface area contributed by atoms with Gasteiger partial charge in [0, 0.05) is 22.9 Å². The Kier molecular flexibility index (Phi) is 5.61. The molecule has 0 atom stereocenters. The lowest BCUT2D eigenvalue weighted by molar-refractivity contribution is -0.385. The molecule has 0 aliphatic carbocycles. The second-order valence-electron chi connectivity index (χ2n) is 4.58. The number of benzene rings is 1. The van der Waals surface area contributed by atoms with Gasteiger partial charge in [-0.2, -0.15) is 0 Å². The molecule has 0 unspecified atom stereocenters. The van der Waals surface area contributed by atoms with E-state index in [1.54, 1.807) is 0 Å². The highest BCUT2D eigenvalue weighted by molar-refractivity contribution is 9.11. The molecule has 7 heteroatoms. The highest BCUT2D eigenvalue weighted by atomic mass is 79.9. The molecule has 18 heavy (non-hydrogen) atoms. The zero-order valence-electron chi connectivity index (χ0n) is 9.87. The van der Waals surface area contributed by atoms with Crippen LogP contribution < -0.4 is 4.74 Å². The van der Waals surface area contributed by atoms with Crippen LogP contribution in [-0.2, 0) is 0 Å². The predicted octanol–water partition coefficient (Wildman–Crippen LogP) is 4.92. The Balaban J connectivity index is 2.94. The molecule has 0 aliphatic rings. The number of halogens is 3. The molecule has 0 saturated heterocycles. The lowest BCUT2D eigenvalue weighted by atomic mass is 9.98. The summed E-state index contributed by atoms with van der Waals surface area (Å²) in [5.74, 6) is 0.578. The maximum Gasteiger partial charge on any atom is 0.271 e. The van der Waals surface area contributed by atoms with Crippen molar-refractivity contribution >= 4 is 53.5 Å². The van der Waals surface area contributed by atoms with Crippen LogP contribution in [0.5, 0.6) is 5.75 Å². The minimum Gasteiger partial charge on any atom is -0.491 e. The minimum atomic E-state index is -0.443. The molecular weight excluding hydrogens is 434 g/mol. The number of rotatable bonds is 5. The Hall–Kier alpha value is -0.140. The van der Waals surface area contributed by atoms with Crippen molar-refractivity contribution in [3.05, 3.63) is 31.2 Å². The summed E-state index contributed by atoms with van der Waals surface area (Å²) < 4.78 is 6.84. The van der Waals surface area contributed by atoms with Crippen molar-refractivity contribution in [3.63, 3.8) is 0 Å². The van der Waals surface area contributed by atoms with E-state index in [0.717, 1.165) is 5.33 Å². The van der Waals surface area contributed by atoms with Gasteiger partial charge in [-0.25, -0.2) is 0 Å². The van der Waals surface area contributed by atoms with Crippen molar-refractivity contribution in [2.75, 3.05) is 11.9 Å². The van der Waals surface area contributed by atoms with Crippen LogP contribution in [0.25, 0.3) is 0 Å². The molecule has 0 bridgehead atoms. The van der Waals surface area contributed by atoms with E-state index in [2.05, 4.69) is 61.6 Å². The Labute approximate surface area is 131 Å². The number of nitrogens with zero attached hydrogens (tertiary/aromatic N) is 1. The second kappa shape index (κ2) is 6.34. The third-order valence-corrected chi connectivity index (χ3v) is 4.86. The Morgan fingerprint density at radius 3 is 2.22 bits per heavy atom. The number of nitro benzene ring substituents is 1. The highest BCUT2D eigenvalue weighted by Crippen LogP contribution is 2.38. The van der Waals surface area contributed by atoms with Crippen molar-refractivity contribution in [2.24, 2.45) is 5.41 Å². The topological polar surface area (TPSA) is 52.4 Å². The molecule has 0 fully saturated rings. The van der Waals surface area contributed by atoms with Gasteiger partial charge in [-0.1, -0.05) is 29.8 Å². The highest BCUT2D eigenvalue weighted by Gasteiger charge is 2.20. The van der Waals surface area contributed by atoms with E-state index in [1.165, 1.54) is 12.1 Å². The Morgan fingerprint density at radius 1 is 1.33 bits per heavy atom. The predicted molar refractivity (Wildman–Crippen MR) is 81.6 cm³/mol. The molecule has 1 rings (SSSR count). The number of nitro groups is 1. The summed E-state index contributed by atoms with van der Waals surface area (Å²) in [5, 5.41) is 11.5. The van der Waals surface area contributed by atoms with Crippen LogP contribution in [0, 0.1) is 15.5 Å². The fourth-order valence-corrected chi connectivity index (χ4v) is 2.65. The van der Waals surface area contributed by atoms with E-state index in [0.29, 0.717) is 21.3 Å². The van der Waals surface area contributed by atoms with Gasteiger partial charge in [-0.15, -0.1) is 0 Å². The summed E-state index contributed by atoms with van der Waals surface area (Å²) in [6.07, 6.45) is 0. The summed E-state index contributed by atoms with van der Waals surface area (Å²) in [5.41, 5.74) is 0.00144. The van der Waals surface area contributed by atoms with Gasteiger partial charge in [0.15, 0.2) is 0 Å². The molecule has 0 N–H and O–H groups in total. The summed E-state index contributed by atoms with van der Waals surface area (Å²) in [4.78, 5) is 10.3. The molecule has 0 aromatic heterocycles. The number of ether oxygens (including phenoxy) is 1. The molecule has 0 aliphatic heterocycles. The van der Waals surface area contributed by atoms with Crippen molar-refractivity contribution in [1.82, 2.24) is 0 Å². The first kappa shape index (κ1) is 15.9. The number of hydrogen-bond acceptors (Lipinski definition) is 3. The van der Waals surface area contributed by atoms with Crippen molar-refractivity contribution in [2.45, 2.75) is 13.8 Å². The van der Waals surface area contributed by atoms with Crippen LogP contribution in [-0.4, -0.2) is 16.9 Å². The van der Waals surface area contributed by atoms with Gasteiger partial charge in [0.25, 0.3) is 5.69 Å². The van der Waals surface area contributed by atoms with Crippen LogP contribution in [0.1, 0.15) is 13.8 Å². The zero-order chi connectivity index (χ0) is 13.9.